The molecule has 5 nitrogen and oxygen atoms in total. The van der Waals surface area contributed by atoms with Gasteiger partial charge in [0.05, 0.1) is 6.42 Å². The Labute approximate surface area is 184 Å². The molecular weight excluding hydrogens is 386 g/mol. The molecule has 0 spiro atoms. The molecule has 0 aliphatic heterocycles. The van der Waals surface area contributed by atoms with Crippen LogP contribution in [0.3, 0.4) is 0 Å². The van der Waals surface area contributed by atoms with Gasteiger partial charge >= 0.3 is 6.03 Å². The summed E-state index contributed by atoms with van der Waals surface area (Å²) in [6, 6.07) is 27.0. The molecule has 3 aromatic rings. The molecule has 0 heterocycles. The maximum Gasteiger partial charge on any atom is 0.319 e. The Balaban J connectivity index is 1.45. The van der Waals surface area contributed by atoms with Crippen LogP contribution in [0.1, 0.15) is 24.5 Å². The molecule has 0 radical (unpaired) electrons. The molecule has 0 saturated carbocycles. The molecule has 5 heteroatoms. The number of urea groups is 1. The number of carbonyl (C=O) groups excluding carboxylic acids is 2. The summed E-state index contributed by atoms with van der Waals surface area (Å²) >= 11 is 0. The average molecular weight is 416 g/mol. The van der Waals surface area contributed by atoms with Gasteiger partial charge in [0.1, 0.15) is 0 Å². The number of hydrogen-bond acceptors (Lipinski definition) is 2. The molecule has 0 aliphatic rings. The Morgan fingerprint density at radius 3 is 2.10 bits per heavy atom. The fraction of sp³-hybridized carbons (Fsp3) is 0.231. The predicted molar refractivity (Wildman–Crippen MR) is 126 cm³/mol. The first-order valence-electron chi connectivity index (χ1n) is 10.5. The highest BCUT2D eigenvalue weighted by molar-refractivity contribution is 5.94. The molecule has 3 rings (SSSR count). The van der Waals surface area contributed by atoms with Crippen molar-refractivity contribution in [1.82, 2.24) is 5.32 Å². The van der Waals surface area contributed by atoms with Gasteiger partial charge in [-0.15, -0.1) is 0 Å². The number of nitrogens with one attached hydrogen (secondary N) is 2. The highest BCUT2D eigenvalue weighted by atomic mass is 16.2. The topological polar surface area (TPSA) is 61.4 Å². The summed E-state index contributed by atoms with van der Waals surface area (Å²) in [5.41, 5.74) is 3.72. The SMILES string of the molecule is CC(CCc1ccccc1)NC(=O)Nc1ccc(CC(=O)N(C)c2ccccc2)cc1. The maximum absolute atomic E-state index is 12.5. The van der Waals surface area contributed by atoms with Crippen molar-refractivity contribution in [3.8, 4) is 0 Å². The first-order chi connectivity index (χ1) is 15.0. The number of anilines is 2. The number of para-hydroxylation sites is 1. The first kappa shape index (κ1) is 22.1. The van der Waals surface area contributed by atoms with E-state index in [0.717, 1.165) is 24.1 Å². The number of amides is 3. The number of rotatable bonds is 8. The zero-order valence-corrected chi connectivity index (χ0v) is 18.0. The van der Waals surface area contributed by atoms with Crippen LogP contribution in [-0.2, 0) is 17.6 Å². The van der Waals surface area contributed by atoms with E-state index in [1.54, 1.807) is 11.9 Å². The second-order valence-electron chi connectivity index (χ2n) is 7.69. The van der Waals surface area contributed by atoms with E-state index in [2.05, 4.69) is 22.8 Å². The molecule has 1 unspecified atom stereocenters. The summed E-state index contributed by atoms with van der Waals surface area (Å²) in [7, 11) is 1.77. The number of hydrogen-bond donors (Lipinski definition) is 2. The zero-order valence-electron chi connectivity index (χ0n) is 18.0. The van der Waals surface area contributed by atoms with Crippen LogP contribution >= 0.6 is 0 Å². The van der Waals surface area contributed by atoms with Gasteiger partial charge < -0.3 is 15.5 Å². The molecule has 160 valence electrons. The second kappa shape index (κ2) is 11.0. The molecule has 0 saturated heterocycles. The van der Waals surface area contributed by atoms with E-state index in [1.807, 2.05) is 79.7 Å². The summed E-state index contributed by atoms with van der Waals surface area (Å²) in [6.45, 7) is 2.00. The smallest absolute Gasteiger partial charge is 0.319 e. The highest BCUT2D eigenvalue weighted by Gasteiger charge is 2.12. The normalized spacial score (nSPS) is 11.4. The third kappa shape index (κ3) is 7.00. The average Bonchev–Trinajstić information content (AvgIpc) is 2.79. The molecule has 1 atom stereocenters. The van der Waals surface area contributed by atoms with E-state index in [0.29, 0.717) is 12.1 Å². The largest absolute Gasteiger partial charge is 0.335 e. The van der Waals surface area contributed by atoms with Crippen LogP contribution in [-0.4, -0.2) is 25.0 Å². The Kier molecular flexibility index (Phi) is 7.82. The first-order valence-corrected chi connectivity index (χ1v) is 10.5. The van der Waals surface area contributed by atoms with Crippen LogP contribution in [0.4, 0.5) is 16.2 Å². The van der Waals surface area contributed by atoms with E-state index in [1.165, 1.54) is 5.56 Å². The minimum atomic E-state index is -0.229. The molecule has 0 aliphatic carbocycles. The quantitative estimate of drug-likeness (QED) is 0.542. The van der Waals surface area contributed by atoms with Gasteiger partial charge in [0.2, 0.25) is 5.91 Å². The van der Waals surface area contributed by atoms with E-state index in [-0.39, 0.29) is 18.0 Å². The monoisotopic (exact) mass is 415 g/mol. The van der Waals surface area contributed by atoms with Crippen molar-refractivity contribution in [2.75, 3.05) is 17.3 Å². The van der Waals surface area contributed by atoms with Gasteiger partial charge in [-0.3, -0.25) is 4.79 Å². The number of nitrogens with zero attached hydrogens (tertiary/aromatic N) is 1. The number of aryl methyl sites for hydroxylation is 1. The van der Waals surface area contributed by atoms with Crippen LogP contribution < -0.4 is 15.5 Å². The Morgan fingerprint density at radius 1 is 0.839 bits per heavy atom. The van der Waals surface area contributed by atoms with Crippen LogP contribution in [0.5, 0.6) is 0 Å². The number of likely N-dealkylation sites (N-methyl/N-ethyl adjacent to an activating group) is 1. The molecule has 3 aromatic carbocycles. The predicted octanol–water partition coefficient (Wildman–Crippen LogP) is 5.03. The van der Waals surface area contributed by atoms with Gasteiger partial charge in [0.25, 0.3) is 0 Å². The standard InChI is InChI=1S/C26H29N3O2/c1-20(13-14-21-9-5-3-6-10-21)27-26(31)28-23-17-15-22(16-18-23)19-25(30)29(2)24-11-7-4-8-12-24/h3-12,15-18,20H,13-14,19H2,1-2H3,(H2,27,28,31). The molecule has 0 bridgehead atoms. The van der Waals surface area contributed by atoms with Crippen molar-refractivity contribution < 1.29 is 9.59 Å². The minimum absolute atomic E-state index is 0.0110. The summed E-state index contributed by atoms with van der Waals surface area (Å²) in [6.07, 6.45) is 2.09. The second-order valence-corrected chi connectivity index (χ2v) is 7.69. The van der Waals surface area contributed by atoms with E-state index < -0.39 is 0 Å². The third-order valence-corrected chi connectivity index (χ3v) is 5.17. The Morgan fingerprint density at radius 2 is 1.45 bits per heavy atom. The van der Waals surface area contributed by atoms with Gasteiger partial charge in [-0.2, -0.15) is 0 Å². The van der Waals surface area contributed by atoms with Crippen LogP contribution in [0.15, 0.2) is 84.9 Å². The number of carbonyl (C=O) groups is 2. The maximum atomic E-state index is 12.5. The molecule has 3 amide bonds. The van der Waals surface area contributed by atoms with E-state index in [4.69, 9.17) is 0 Å². The van der Waals surface area contributed by atoms with Crippen molar-refractivity contribution in [2.24, 2.45) is 0 Å². The lowest BCUT2D eigenvalue weighted by atomic mass is 10.1. The fourth-order valence-electron chi connectivity index (χ4n) is 3.29. The molecular formula is C26H29N3O2. The van der Waals surface area contributed by atoms with Crippen molar-refractivity contribution >= 4 is 23.3 Å². The summed E-state index contributed by atoms with van der Waals surface area (Å²) < 4.78 is 0. The summed E-state index contributed by atoms with van der Waals surface area (Å²) in [4.78, 5) is 26.4. The fourth-order valence-corrected chi connectivity index (χ4v) is 3.29. The van der Waals surface area contributed by atoms with Crippen molar-refractivity contribution in [3.63, 3.8) is 0 Å². The lowest BCUT2D eigenvalue weighted by Crippen LogP contribution is -2.36. The summed E-state index contributed by atoms with van der Waals surface area (Å²) in [5.74, 6) is 0.0110. The van der Waals surface area contributed by atoms with Gasteiger partial charge in [0, 0.05) is 24.5 Å². The minimum Gasteiger partial charge on any atom is -0.335 e. The Bertz CT molecular complexity index is 973. The Hall–Kier alpha value is -3.60. The highest BCUT2D eigenvalue weighted by Crippen LogP contribution is 2.15. The van der Waals surface area contributed by atoms with Crippen molar-refractivity contribution in [3.05, 3.63) is 96.1 Å². The third-order valence-electron chi connectivity index (χ3n) is 5.17. The van der Waals surface area contributed by atoms with E-state index in [9.17, 15) is 9.59 Å². The van der Waals surface area contributed by atoms with Gasteiger partial charge in [0.15, 0.2) is 0 Å². The lowest BCUT2D eigenvalue weighted by Gasteiger charge is -2.17. The van der Waals surface area contributed by atoms with Crippen molar-refractivity contribution in [2.45, 2.75) is 32.2 Å². The van der Waals surface area contributed by atoms with Crippen molar-refractivity contribution in [1.29, 1.82) is 0 Å². The van der Waals surface area contributed by atoms with Gasteiger partial charge in [-0.25, -0.2) is 4.79 Å². The lowest BCUT2D eigenvalue weighted by molar-refractivity contribution is -0.117. The van der Waals surface area contributed by atoms with Gasteiger partial charge in [-0.05, 0) is 55.2 Å². The molecule has 2 N–H and O–H groups in total. The number of benzene rings is 3. The molecule has 0 fully saturated rings. The van der Waals surface area contributed by atoms with Crippen LogP contribution in [0.25, 0.3) is 0 Å². The van der Waals surface area contributed by atoms with E-state index >= 15 is 0 Å². The van der Waals surface area contributed by atoms with Crippen LogP contribution in [0.2, 0.25) is 0 Å². The van der Waals surface area contributed by atoms with Gasteiger partial charge in [-0.1, -0.05) is 60.7 Å². The molecule has 0 aromatic heterocycles. The molecule has 31 heavy (non-hydrogen) atoms. The zero-order chi connectivity index (χ0) is 22.1. The van der Waals surface area contributed by atoms with Crippen LogP contribution in [0, 0.1) is 0 Å². The summed E-state index contributed by atoms with van der Waals surface area (Å²) in [5, 5.41) is 5.82.